The summed E-state index contributed by atoms with van der Waals surface area (Å²) < 4.78 is 5.54. The Morgan fingerprint density at radius 2 is 2.00 bits per heavy atom. The van der Waals surface area contributed by atoms with Gasteiger partial charge in [0.1, 0.15) is 0 Å². The van der Waals surface area contributed by atoms with Crippen LogP contribution < -0.4 is 0 Å². The number of ether oxygens (including phenoxy) is 1. The first-order valence-electron chi connectivity index (χ1n) is 5.09. The maximum absolute atomic E-state index is 5.54. The third-order valence-corrected chi connectivity index (χ3v) is 2.54. The van der Waals surface area contributed by atoms with E-state index in [9.17, 15) is 0 Å². The average Bonchev–Trinajstić information content (AvgIpc) is 2.09. The highest BCUT2D eigenvalue weighted by molar-refractivity contribution is 4.69. The summed E-state index contributed by atoms with van der Waals surface area (Å²) in [6, 6.07) is 0. The van der Waals surface area contributed by atoms with Crippen LogP contribution in [0.3, 0.4) is 0 Å². The van der Waals surface area contributed by atoms with Crippen LogP contribution in [-0.2, 0) is 4.74 Å². The summed E-state index contributed by atoms with van der Waals surface area (Å²) in [5, 5.41) is 0. The minimum absolute atomic E-state index is 0.827. The molecule has 0 unspecified atom stereocenters. The zero-order valence-electron chi connectivity index (χ0n) is 8.38. The van der Waals surface area contributed by atoms with E-state index in [1.807, 2.05) is 0 Å². The Kier molecular flexibility index (Phi) is 4.62. The van der Waals surface area contributed by atoms with Crippen molar-refractivity contribution in [1.29, 1.82) is 0 Å². The van der Waals surface area contributed by atoms with Gasteiger partial charge in [0, 0.05) is 13.2 Å². The lowest BCUT2D eigenvalue weighted by atomic mass is 9.98. The third-order valence-electron chi connectivity index (χ3n) is 2.54. The minimum Gasteiger partial charge on any atom is -0.381 e. The van der Waals surface area contributed by atoms with Gasteiger partial charge in [0.2, 0.25) is 0 Å². The Bertz CT molecular complexity index is 108. The first-order chi connectivity index (χ1) is 5.83. The second-order valence-electron chi connectivity index (χ2n) is 3.82. The SMILES string of the molecule is CCCOCC1CCN(C)CC1. The molecule has 1 saturated heterocycles. The van der Waals surface area contributed by atoms with Crippen LogP contribution in [0, 0.1) is 5.92 Å². The summed E-state index contributed by atoms with van der Waals surface area (Å²) in [5.74, 6) is 0.827. The van der Waals surface area contributed by atoms with E-state index in [2.05, 4.69) is 18.9 Å². The molecule has 1 heterocycles. The molecule has 12 heavy (non-hydrogen) atoms. The molecule has 0 amide bonds. The van der Waals surface area contributed by atoms with Crippen LogP contribution in [0.4, 0.5) is 0 Å². The highest BCUT2D eigenvalue weighted by Gasteiger charge is 2.15. The van der Waals surface area contributed by atoms with Gasteiger partial charge in [0.25, 0.3) is 0 Å². The summed E-state index contributed by atoms with van der Waals surface area (Å²) in [4.78, 5) is 2.40. The summed E-state index contributed by atoms with van der Waals surface area (Å²) in [6.45, 7) is 6.59. The molecule has 0 aromatic carbocycles. The summed E-state index contributed by atoms with van der Waals surface area (Å²) in [7, 11) is 2.20. The number of rotatable bonds is 4. The first-order valence-corrected chi connectivity index (χ1v) is 5.09. The third kappa shape index (κ3) is 3.55. The standard InChI is InChI=1S/C10H21NO/c1-3-8-12-9-10-4-6-11(2)7-5-10/h10H,3-9H2,1-2H3. The van der Waals surface area contributed by atoms with Crippen LogP contribution in [0.15, 0.2) is 0 Å². The molecule has 1 aliphatic heterocycles. The molecule has 0 bridgehead atoms. The van der Waals surface area contributed by atoms with Gasteiger partial charge in [-0.05, 0) is 45.3 Å². The molecule has 1 aliphatic rings. The topological polar surface area (TPSA) is 12.5 Å². The van der Waals surface area contributed by atoms with E-state index in [4.69, 9.17) is 4.74 Å². The second-order valence-corrected chi connectivity index (χ2v) is 3.82. The quantitative estimate of drug-likeness (QED) is 0.598. The van der Waals surface area contributed by atoms with Crippen molar-refractivity contribution in [1.82, 2.24) is 4.90 Å². The number of piperidine rings is 1. The van der Waals surface area contributed by atoms with Crippen molar-refractivity contribution in [2.24, 2.45) is 5.92 Å². The fourth-order valence-corrected chi connectivity index (χ4v) is 1.62. The zero-order chi connectivity index (χ0) is 8.81. The molecule has 0 saturated carbocycles. The van der Waals surface area contributed by atoms with Crippen LogP contribution in [0.5, 0.6) is 0 Å². The Labute approximate surface area is 75.9 Å². The van der Waals surface area contributed by atoms with Gasteiger partial charge in [-0.15, -0.1) is 0 Å². The van der Waals surface area contributed by atoms with E-state index in [1.165, 1.54) is 25.9 Å². The predicted molar refractivity (Wildman–Crippen MR) is 51.3 cm³/mol. The molecule has 1 fully saturated rings. The van der Waals surface area contributed by atoms with Gasteiger partial charge < -0.3 is 9.64 Å². The van der Waals surface area contributed by atoms with Crippen molar-refractivity contribution in [2.75, 3.05) is 33.4 Å². The van der Waals surface area contributed by atoms with Gasteiger partial charge in [-0.1, -0.05) is 6.92 Å². The predicted octanol–water partition coefficient (Wildman–Crippen LogP) is 1.75. The second kappa shape index (κ2) is 5.55. The summed E-state index contributed by atoms with van der Waals surface area (Å²) >= 11 is 0. The molecule has 0 atom stereocenters. The van der Waals surface area contributed by atoms with Crippen LogP contribution >= 0.6 is 0 Å². The fourth-order valence-electron chi connectivity index (χ4n) is 1.62. The van der Waals surface area contributed by atoms with Crippen molar-refractivity contribution in [3.8, 4) is 0 Å². The van der Waals surface area contributed by atoms with E-state index in [0.717, 1.165) is 25.6 Å². The number of nitrogens with zero attached hydrogens (tertiary/aromatic N) is 1. The number of likely N-dealkylation sites (tertiary alicyclic amines) is 1. The zero-order valence-corrected chi connectivity index (χ0v) is 8.38. The Morgan fingerprint density at radius 3 is 2.58 bits per heavy atom. The highest BCUT2D eigenvalue weighted by Crippen LogP contribution is 2.15. The lowest BCUT2D eigenvalue weighted by molar-refractivity contribution is 0.0726. The lowest BCUT2D eigenvalue weighted by Gasteiger charge is -2.28. The van der Waals surface area contributed by atoms with E-state index >= 15 is 0 Å². The minimum atomic E-state index is 0.827. The average molecular weight is 171 g/mol. The van der Waals surface area contributed by atoms with Crippen molar-refractivity contribution < 1.29 is 4.74 Å². The van der Waals surface area contributed by atoms with E-state index in [-0.39, 0.29) is 0 Å². The molecule has 0 aromatic rings. The molecule has 72 valence electrons. The van der Waals surface area contributed by atoms with Crippen molar-refractivity contribution in [3.05, 3.63) is 0 Å². The number of hydrogen-bond acceptors (Lipinski definition) is 2. The largest absolute Gasteiger partial charge is 0.381 e. The highest BCUT2D eigenvalue weighted by atomic mass is 16.5. The maximum Gasteiger partial charge on any atom is 0.0495 e. The van der Waals surface area contributed by atoms with Crippen LogP contribution in [0.1, 0.15) is 26.2 Å². The Morgan fingerprint density at radius 1 is 1.33 bits per heavy atom. The fraction of sp³-hybridized carbons (Fsp3) is 1.00. The van der Waals surface area contributed by atoms with Gasteiger partial charge in [-0.2, -0.15) is 0 Å². The van der Waals surface area contributed by atoms with E-state index in [0.29, 0.717) is 0 Å². The molecule has 1 rings (SSSR count). The van der Waals surface area contributed by atoms with Gasteiger partial charge in [-0.3, -0.25) is 0 Å². The summed E-state index contributed by atoms with van der Waals surface area (Å²) in [6.07, 6.45) is 3.78. The van der Waals surface area contributed by atoms with Gasteiger partial charge >= 0.3 is 0 Å². The molecule has 0 radical (unpaired) electrons. The smallest absolute Gasteiger partial charge is 0.0495 e. The summed E-state index contributed by atoms with van der Waals surface area (Å²) in [5.41, 5.74) is 0. The molecular formula is C10H21NO. The molecule has 0 aromatic heterocycles. The van der Waals surface area contributed by atoms with Gasteiger partial charge in [-0.25, -0.2) is 0 Å². The molecule has 0 aliphatic carbocycles. The monoisotopic (exact) mass is 171 g/mol. The molecular weight excluding hydrogens is 150 g/mol. The lowest BCUT2D eigenvalue weighted by Crippen LogP contribution is -2.32. The normalized spacial score (nSPS) is 21.5. The van der Waals surface area contributed by atoms with Crippen LogP contribution in [0.25, 0.3) is 0 Å². The number of hydrogen-bond donors (Lipinski definition) is 0. The van der Waals surface area contributed by atoms with Crippen molar-refractivity contribution in [3.63, 3.8) is 0 Å². The molecule has 0 N–H and O–H groups in total. The Hall–Kier alpha value is -0.0800. The van der Waals surface area contributed by atoms with Gasteiger partial charge in [0.05, 0.1) is 0 Å². The van der Waals surface area contributed by atoms with E-state index < -0.39 is 0 Å². The molecule has 0 spiro atoms. The van der Waals surface area contributed by atoms with Crippen molar-refractivity contribution >= 4 is 0 Å². The van der Waals surface area contributed by atoms with Crippen LogP contribution in [0.2, 0.25) is 0 Å². The molecule has 2 heteroatoms. The first kappa shape index (κ1) is 10.0. The Balaban J connectivity index is 2.01. The van der Waals surface area contributed by atoms with E-state index in [1.54, 1.807) is 0 Å². The van der Waals surface area contributed by atoms with Crippen LogP contribution in [-0.4, -0.2) is 38.3 Å². The van der Waals surface area contributed by atoms with Crippen molar-refractivity contribution in [2.45, 2.75) is 26.2 Å². The maximum atomic E-state index is 5.54. The molecule has 2 nitrogen and oxygen atoms in total. The van der Waals surface area contributed by atoms with Gasteiger partial charge in [0.15, 0.2) is 0 Å².